The fourth-order valence-electron chi connectivity index (χ4n) is 1.91. The molecule has 0 heterocycles. The maximum Gasteiger partial charge on any atom is 0.0740 e. The first-order chi connectivity index (χ1) is 8.15. The molecule has 0 bridgehead atoms. The van der Waals surface area contributed by atoms with Gasteiger partial charge in [-0.25, -0.2) is 0 Å². The third kappa shape index (κ3) is 4.52. The van der Waals surface area contributed by atoms with Crippen LogP contribution in [0.3, 0.4) is 0 Å². The highest BCUT2D eigenvalue weighted by Crippen LogP contribution is 2.28. The first kappa shape index (κ1) is 13.2. The van der Waals surface area contributed by atoms with Gasteiger partial charge < -0.3 is 5.73 Å². The maximum absolute atomic E-state index is 5.58. The number of nitrogens with zero attached hydrogens (tertiary/aromatic N) is 1. The van der Waals surface area contributed by atoms with Gasteiger partial charge in [-0.3, -0.25) is 4.90 Å². The third-order valence-electron chi connectivity index (χ3n) is 3.01. The van der Waals surface area contributed by atoms with Gasteiger partial charge in [-0.15, -0.1) is 0 Å². The summed E-state index contributed by atoms with van der Waals surface area (Å²) in [7, 11) is 0. The minimum absolute atomic E-state index is 0.623. The van der Waals surface area contributed by atoms with Gasteiger partial charge in [0.1, 0.15) is 0 Å². The molecule has 1 aromatic carbocycles. The van der Waals surface area contributed by atoms with Crippen LogP contribution in [-0.2, 0) is 6.54 Å². The van der Waals surface area contributed by atoms with Crippen LogP contribution in [0.25, 0.3) is 0 Å². The molecular formula is C13H17IN2S. The largest absolute Gasteiger partial charge is 0.393 e. The van der Waals surface area contributed by atoms with E-state index in [-0.39, 0.29) is 0 Å². The molecule has 0 atom stereocenters. The van der Waals surface area contributed by atoms with Crippen molar-refractivity contribution in [1.29, 1.82) is 0 Å². The van der Waals surface area contributed by atoms with Crippen molar-refractivity contribution in [3.8, 4) is 0 Å². The van der Waals surface area contributed by atoms with Crippen molar-refractivity contribution in [2.24, 2.45) is 5.73 Å². The number of benzene rings is 1. The van der Waals surface area contributed by atoms with Gasteiger partial charge in [0, 0.05) is 29.1 Å². The van der Waals surface area contributed by atoms with Crippen LogP contribution in [0.1, 0.15) is 24.8 Å². The monoisotopic (exact) mass is 360 g/mol. The number of nitrogens with two attached hydrogens (primary N) is 1. The Morgan fingerprint density at radius 2 is 2.00 bits per heavy atom. The van der Waals surface area contributed by atoms with Crippen molar-refractivity contribution in [3.63, 3.8) is 0 Å². The third-order valence-corrected chi connectivity index (χ3v) is 3.93. The molecule has 1 aromatic rings. The number of hydrogen-bond acceptors (Lipinski definition) is 2. The van der Waals surface area contributed by atoms with Crippen LogP contribution in [0.2, 0.25) is 0 Å². The number of rotatable bonds is 6. The zero-order valence-corrected chi connectivity index (χ0v) is 12.7. The molecule has 0 saturated heterocycles. The summed E-state index contributed by atoms with van der Waals surface area (Å²) in [5.41, 5.74) is 6.95. The topological polar surface area (TPSA) is 29.3 Å². The highest BCUT2D eigenvalue weighted by molar-refractivity contribution is 14.1. The number of hydrogen-bond donors (Lipinski definition) is 1. The molecule has 1 fully saturated rings. The average Bonchev–Trinajstić information content (AvgIpc) is 3.10. The molecule has 92 valence electrons. The summed E-state index contributed by atoms with van der Waals surface area (Å²) in [5, 5.41) is 0. The quantitative estimate of drug-likeness (QED) is 0.625. The van der Waals surface area contributed by atoms with E-state index in [1.165, 1.54) is 22.0 Å². The molecule has 4 heteroatoms. The van der Waals surface area contributed by atoms with E-state index in [2.05, 4.69) is 51.8 Å². The van der Waals surface area contributed by atoms with Gasteiger partial charge in [0.2, 0.25) is 0 Å². The van der Waals surface area contributed by atoms with Crippen LogP contribution >= 0.6 is 34.8 Å². The molecule has 1 saturated carbocycles. The molecular weight excluding hydrogens is 343 g/mol. The maximum atomic E-state index is 5.58. The average molecular weight is 360 g/mol. The molecule has 1 aliphatic carbocycles. The molecule has 0 radical (unpaired) electrons. The molecule has 2 N–H and O–H groups in total. The summed E-state index contributed by atoms with van der Waals surface area (Å²) < 4.78 is 1.28. The molecule has 0 aliphatic heterocycles. The van der Waals surface area contributed by atoms with Gasteiger partial charge in [-0.05, 0) is 53.1 Å². The predicted octanol–water partition coefficient (Wildman–Crippen LogP) is 2.93. The Balaban J connectivity index is 1.92. The van der Waals surface area contributed by atoms with E-state index in [9.17, 15) is 0 Å². The number of thiocarbonyl (C=S) groups is 1. The van der Waals surface area contributed by atoms with E-state index >= 15 is 0 Å². The standard InChI is InChI=1S/C13H17IN2S/c14-11-3-1-10(2-4-11)9-16(12-5-6-12)8-7-13(15)17/h1-4,12H,5-9H2,(H2,15,17). The van der Waals surface area contributed by atoms with E-state index in [4.69, 9.17) is 18.0 Å². The highest BCUT2D eigenvalue weighted by Gasteiger charge is 2.28. The van der Waals surface area contributed by atoms with E-state index in [1.54, 1.807) is 0 Å². The Bertz CT molecular complexity index is 387. The number of halogens is 1. The summed E-state index contributed by atoms with van der Waals surface area (Å²) in [4.78, 5) is 3.12. The molecule has 2 rings (SSSR count). The fraction of sp³-hybridized carbons (Fsp3) is 0.462. The minimum Gasteiger partial charge on any atom is -0.393 e. The van der Waals surface area contributed by atoms with Gasteiger partial charge >= 0.3 is 0 Å². The van der Waals surface area contributed by atoms with Gasteiger partial charge in [0.05, 0.1) is 4.99 Å². The highest BCUT2D eigenvalue weighted by atomic mass is 127. The van der Waals surface area contributed by atoms with Gasteiger partial charge in [0.25, 0.3) is 0 Å². The van der Waals surface area contributed by atoms with Crippen LogP contribution in [0.5, 0.6) is 0 Å². The fourth-order valence-corrected chi connectivity index (χ4v) is 2.36. The smallest absolute Gasteiger partial charge is 0.0740 e. The second-order valence-corrected chi connectivity index (χ2v) is 6.31. The molecule has 0 aromatic heterocycles. The van der Waals surface area contributed by atoms with Crippen LogP contribution in [0.4, 0.5) is 0 Å². The zero-order chi connectivity index (χ0) is 12.3. The lowest BCUT2D eigenvalue weighted by Crippen LogP contribution is -2.29. The van der Waals surface area contributed by atoms with E-state index in [1.807, 2.05) is 0 Å². The lowest BCUT2D eigenvalue weighted by atomic mass is 10.2. The Labute approximate surface area is 122 Å². The van der Waals surface area contributed by atoms with Crippen molar-refractivity contribution in [1.82, 2.24) is 4.90 Å². The van der Waals surface area contributed by atoms with Crippen molar-refractivity contribution >= 4 is 39.8 Å². The second kappa shape index (κ2) is 6.11. The lowest BCUT2D eigenvalue weighted by Gasteiger charge is -2.21. The Kier molecular flexibility index (Phi) is 4.76. The first-order valence-corrected chi connectivity index (χ1v) is 7.40. The molecule has 1 aliphatic rings. The second-order valence-electron chi connectivity index (χ2n) is 4.54. The summed E-state index contributed by atoms with van der Waals surface area (Å²) in [6.07, 6.45) is 3.47. The van der Waals surface area contributed by atoms with Crippen molar-refractivity contribution < 1.29 is 0 Å². The summed E-state index contributed by atoms with van der Waals surface area (Å²) in [5.74, 6) is 0. The summed E-state index contributed by atoms with van der Waals surface area (Å²) in [6, 6.07) is 9.49. The summed E-state index contributed by atoms with van der Waals surface area (Å²) in [6.45, 7) is 2.01. The minimum atomic E-state index is 0.623. The van der Waals surface area contributed by atoms with Gasteiger partial charge in [-0.2, -0.15) is 0 Å². The van der Waals surface area contributed by atoms with Crippen LogP contribution in [0, 0.1) is 3.57 Å². The Morgan fingerprint density at radius 1 is 1.35 bits per heavy atom. The van der Waals surface area contributed by atoms with Crippen molar-refractivity contribution in [2.75, 3.05) is 6.54 Å². The van der Waals surface area contributed by atoms with E-state index in [0.29, 0.717) is 4.99 Å². The zero-order valence-electron chi connectivity index (χ0n) is 9.73. The Morgan fingerprint density at radius 3 is 2.53 bits per heavy atom. The van der Waals surface area contributed by atoms with Gasteiger partial charge in [-0.1, -0.05) is 24.4 Å². The van der Waals surface area contributed by atoms with Crippen LogP contribution in [0.15, 0.2) is 24.3 Å². The predicted molar refractivity (Wildman–Crippen MR) is 84.0 cm³/mol. The van der Waals surface area contributed by atoms with Crippen molar-refractivity contribution in [3.05, 3.63) is 33.4 Å². The Hall–Kier alpha value is -0.200. The molecule has 0 amide bonds. The van der Waals surface area contributed by atoms with Crippen LogP contribution < -0.4 is 5.73 Å². The molecule has 0 spiro atoms. The molecule has 17 heavy (non-hydrogen) atoms. The van der Waals surface area contributed by atoms with Gasteiger partial charge in [0.15, 0.2) is 0 Å². The summed E-state index contributed by atoms with van der Waals surface area (Å²) >= 11 is 7.29. The SMILES string of the molecule is NC(=S)CCN(Cc1ccc(I)cc1)C1CC1. The first-order valence-electron chi connectivity index (χ1n) is 5.92. The van der Waals surface area contributed by atoms with E-state index < -0.39 is 0 Å². The lowest BCUT2D eigenvalue weighted by molar-refractivity contribution is 0.262. The molecule has 0 unspecified atom stereocenters. The van der Waals surface area contributed by atoms with Crippen molar-refractivity contribution in [2.45, 2.75) is 31.8 Å². The normalized spacial score (nSPS) is 15.2. The van der Waals surface area contributed by atoms with Crippen LogP contribution in [-0.4, -0.2) is 22.5 Å². The molecule has 2 nitrogen and oxygen atoms in total. The van der Waals surface area contributed by atoms with E-state index in [0.717, 1.165) is 25.6 Å².